The average molecular weight is 188 g/mol. The molecule has 0 aliphatic heterocycles. The number of hydrogen-bond acceptors (Lipinski definition) is 3. The Morgan fingerprint density at radius 1 is 1.29 bits per heavy atom. The van der Waals surface area contributed by atoms with Gasteiger partial charge in [-0.15, -0.1) is 0 Å². The Morgan fingerprint density at radius 2 is 2.07 bits per heavy atom. The Balaban J connectivity index is 2.11. The van der Waals surface area contributed by atoms with Gasteiger partial charge in [0.25, 0.3) is 5.91 Å². The Labute approximate surface area is 80.5 Å². The third-order valence-electron chi connectivity index (χ3n) is 1.73. The van der Waals surface area contributed by atoms with Gasteiger partial charge in [-0.1, -0.05) is 23.4 Å². The second kappa shape index (κ2) is 3.74. The van der Waals surface area contributed by atoms with Crippen molar-refractivity contribution in [2.45, 2.75) is 0 Å². The summed E-state index contributed by atoms with van der Waals surface area (Å²) in [5, 5.41) is 6.12. The summed E-state index contributed by atoms with van der Waals surface area (Å²) < 4.78 is 4.59. The van der Waals surface area contributed by atoms with Crippen molar-refractivity contribution in [3.05, 3.63) is 48.4 Å². The molecule has 0 bridgehead atoms. The summed E-state index contributed by atoms with van der Waals surface area (Å²) in [7, 11) is 0. The zero-order chi connectivity index (χ0) is 9.80. The van der Waals surface area contributed by atoms with Gasteiger partial charge in [-0.05, 0) is 12.1 Å². The first kappa shape index (κ1) is 8.50. The normalized spacial score (nSPS) is 9.71. The Morgan fingerprint density at radius 3 is 2.71 bits per heavy atom. The van der Waals surface area contributed by atoms with Crippen LogP contribution in [-0.2, 0) is 0 Å². The van der Waals surface area contributed by atoms with Gasteiger partial charge >= 0.3 is 0 Å². The Bertz CT molecular complexity index is 409. The first-order valence-corrected chi connectivity index (χ1v) is 4.12. The zero-order valence-corrected chi connectivity index (χ0v) is 7.31. The topological polar surface area (TPSA) is 55.1 Å². The summed E-state index contributed by atoms with van der Waals surface area (Å²) in [5.41, 5.74) is 1.16. The van der Waals surface area contributed by atoms with Gasteiger partial charge in [0.15, 0.2) is 0 Å². The second-order valence-corrected chi connectivity index (χ2v) is 2.73. The maximum absolute atomic E-state index is 11.5. The highest BCUT2D eigenvalue weighted by atomic mass is 16.5. The smallest absolute Gasteiger partial charge is 0.255 e. The van der Waals surface area contributed by atoms with Crippen LogP contribution in [0.25, 0.3) is 0 Å². The number of nitrogens with zero attached hydrogens (tertiary/aromatic N) is 1. The number of benzene rings is 1. The molecule has 0 saturated heterocycles. The molecule has 1 aromatic carbocycles. The van der Waals surface area contributed by atoms with E-state index in [1.807, 2.05) is 18.2 Å². The number of carbonyl (C=O) groups excluding carboxylic acids is 1. The first-order valence-electron chi connectivity index (χ1n) is 4.12. The standard InChI is InChI=1S/C10H8N2O2/c13-10(8-4-2-1-3-5-8)12-9-6-11-14-7-9/h1-7H,(H,12,13). The molecule has 2 aromatic rings. The molecule has 0 spiro atoms. The predicted molar refractivity (Wildman–Crippen MR) is 50.9 cm³/mol. The van der Waals surface area contributed by atoms with E-state index < -0.39 is 0 Å². The molecule has 2 rings (SSSR count). The Kier molecular flexibility index (Phi) is 2.27. The van der Waals surface area contributed by atoms with E-state index >= 15 is 0 Å². The van der Waals surface area contributed by atoms with Gasteiger partial charge in [0.2, 0.25) is 0 Å². The van der Waals surface area contributed by atoms with Crippen molar-refractivity contribution >= 4 is 11.6 Å². The second-order valence-electron chi connectivity index (χ2n) is 2.73. The van der Waals surface area contributed by atoms with Gasteiger partial charge < -0.3 is 9.84 Å². The maximum Gasteiger partial charge on any atom is 0.255 e. The maximum atomic E-state index is 11.5. The summed E-state index contributed by atoms with van der Waals surface area (Å²) in [6.45, 7) is 0. The summed E-state index contributed by atoms with van der Waals surface area (Å²) in [6.07, 6.45) is 2.82. The van der Waals surface area contributed by atoms with Crippen molar-refractivity contribution in [3.63, 3.8) is 0 Å². The van der Waals surface area contributed by atoms with Crippen molar-refractivity contribution < 1.29 is 9.32 Å². The van der Waals surface area contributed by atoms with Crippen LogP contribution in [0.1, 0.15) is 10.4 Å². The lowest BCUT2D eigenvalue weighted by Gasteiger charge is -2.00. The van der Waals surface area contributed by atoms with E-state index in [1.165, 1.54) is 12.5 Å². The third-order valence-corrected chi connectivity index (χ3v) is 1.73. The van der Waals surface area contributed by atoms with Crippen LogP contribution in [0.15, 0.2) is 47.3 Å². The molecule has 0 radical (unpaired) electrons. The van der Waals surface area contributed by atoms with E-state index in [-0.39, 0.29) is 5.91 Å². The highest BCUT2D eigenvalue weighted by Crippen LogP contribution is 2.07. The van der Waals surface area contributed by atoms with Crippen LogP contribution in [-0.4, -0.2) is 11.1 Å². The number of hydrogen-bond donors (Lipinski definition) is 1. The summed E-state index contributed by atoms with van der Waals surface area (Å²) >= 11 is 0. The van der Waals surface area contributed by atoms with Crippen LogP contribution in [0.2, 0.25) is 0 Å². The molecule has 4 heteroatoms. The number of anilines is 1. The SMILES string of the molecule is O=C(Nc1cnoc1)c1ccccc1. The number of rotatable bonds is 2. The fraction of sp³-hybridized carbons (Fsp3) is 0. The lowest BCUT2D eigenvalue weighted by atomic mass is 10.2. The van der Waals surface area contributed by atoms with Crippen LogP contribution in [0.4, 0.5) is 5.69 Å². The lowest BCUT2D eigenvalue weighted by Crippen LogP contribution is -2.10. The molecule has 0 atom stereocenters. The van der Waals surface area contributed by atoms with Gasteiger partial charge in [0.05, 0.1) is 6.20 Å². The lowest BCUT2D eigenvalue weighted by molar-refractivity contribution is 0.102. The quantitative estimate of drug-likeness (QED) is 0.783. The molecule has 14 heavy (non-hydrogen) atoms. The number of aromatic nitrogens is 1. The van der Waals surface area contributed by atoms with Crippen molar-refractivity contribution in [1.82, 2.24) is 5.16 Å². The van der Waals surface area contributed by atoms with Crippen LogP contribution in [0.5, 0.6) is 0 Å². The summed E-state index contributed by atoms with van der Waals surface area (Å²) in [4.78, 5) is 11.5. The van der Waals surface area contributed by atoms with Crippen molar-refractivity contribution in [2.24, 2.45) is 0 Å². The molecule has 0 aliphatic carbocycles. The molecule has 1 heterocycles. The highest BCUT2D eigenvalue weighted by molar-refractivity contribution is 6.03. The molecule has 0 fully saturated rings. The molecular formula is C10H8N2O2. The summed E-state index contributed by atoms with van der Waals surface area (Å²) in [5.74, 6) is -0.172. The predicted octanol–water partition coefficient (Wildman–Crippen LogP) is 1.93. The number of carbonyl (C=O) groups is 1. The molecular weight excluding hydrogens is 180 g/mol. The zero-order valence-electron chi connectivity index (χ0n) is 7.31. The van der Waals surface area contributed by atoms with E-state index in [0.717, 1.165) is 0 Å². The average Bonchev–Trinajstić information content (AvgIpc) is 2.72. The van der Waals surface area contributed by atoms with Gasteiger partial charge in [-0.2, -0.15) is 0 Å². The minimum absolute atomic E-state index is 0.172. The van der Waals surface area contributed by atoms with E-state index in [1.54, 1.807) is 12.1 Å². The van der Waals surface area contributed by atoms with Crippen LogP contribution in [0.3, 0.4) is 0 Å². The van der Waals surface area contributed by atoms with Crippen molar-refractivity contribution in [2.75, 3.05) is 5.32 Å². The fourth-order valence-corrected chi connectivity index (χ4v) is 1.06. The molecule has 4 nitrogen and oxygen atoms in total. The van der Waals surface area contributed by atoms with E-state index in [9.17, 15) is 4.79 Å². The number of amides is 1. The van der Waals surface area contributed by atoms with Crippen molar-refractivity contribution in [1.29, 1.82) is 0 Å². The van der Waals surface area contributed by atoms with E-state index in [0.29, 0.717) is 11.3 Å². The minimum atomic E-state index is -0.172. The third kappa shape index (κ3) is 1.80. The van der Waals surface area contributed by atoms with Crippen LogP contribution in [0, 0.1) is 0 Å². The largest absolute Gasteiger partial charge is 0.363 e. The number of nitrogens with one attached hydrogen (secondary N) is 1. The van der Waals surface area contributed by atoms with Crippen LogP contribution < -0.4 is 5.32 Å². The van der Waals surface area contributed by atoms with Gasteiger partial charge in [-0.25, -0.2) is 0 Å². The van der Waals surface area contributed by atoms with E-state index in [2.05, 4.69) is 15.0 Å². The fourth-order valence-electron chi connectivity index (χ4n) is 1.06. The molecule has 0 saturated carbocycles. The molecule has 1 amide bonds. The molecule has 0 unspecified atom stereocenters. The van der Waals surface area contributed by atoms with Gasteiger partial charge in [0, 0.05) is 5.56 Å². The van der Waals surface area contributed by atoms with Crippen molar-refractivity contribution in [3.8, 4) is 0 Å². The first-order chi connectivity index (χ1) is 6.86. The molecule has 0 aliphatic rings. The van der Waals surface area contributed by atoms with Crippen LogP contribution >= 0.6 is 0 Å². The highest BCUT2D eigenvalue weighted by Gasteiger charge is 2.05. The van der Waals surface area contributed by atoms with E-state index in [4.69, 9.17) is 0 Å². The molecule has 70 valence electrons. The molecule has 1 N–H and O–H groups in total. The molecule has 1 aromatic heterocycles. The minimum Gasteiger partial charge on any atom is -0.363 e. The van der Waals surface area contributed by atoms with Gasteiger partial charge in [0.1, 0.15) is 12.0 Å². The summed E-state index contributed by atoms with van der Waals surface area (Å²) in [6, 6.07) is 8.95. The Hall–Kier alpha value is -2.10. The van der Waals surface area contributed by atoms with Gasteiger partial charge in [-0.3, -0.25) is 4.79 Å². The monoisotopic (exact) mass is 188 g/mol.